The average Bonchev–Trinajstić information content (AvgIpc) is 2.70. The van der Waals surface area contributed by atoms with Gasteiger partial charge in [-0.25, -0.2) is 0 Å². The highest BCUT2D eigenvalue weighted by Crippen LogP contribution is 2.19. The fraction of sp³-hybridized carbons (Fsp3) is 0.333. The number of anilines is 2. The van der Waals surface area contributed by atoms with Gasteiger partial charge in [-0.3, -0.25) is 14.5 Å². The Hall–Kier alpha value is -2.90. The third kappa shape index (κ3) is 5.31. The number of benzene rings is 2. The van der Waals surface area contributed by atoms with Crippen LogP contribution in [0, 0.1) is 0 Å². The van der Waals surface area contributed by atoms with Crippen LogP contribution in [0.5, 0.6) is 5.75 Å². The molecule has 0 atom stereocenters. The minimum absolute atomic E-state index is 0.116. The van der Waals surface area contributed by atoms with Crippen LogP contribution in [-0.2, 0) is 4.79 Å². The monoisotopic (exact) mass is 382 g/mol. The first-order chi connectivity index (χ1) is 13.5. The van der Waals surface area contributed by atoms with Crippen LogP contribution in [-0.4, -0.2) is 68.5 Å². The van der Waals surface area contributed by atoms with E-state index in [1.165, 1.54) is 0 Å². The van der Waals surface area contributed by atoms with Crippen molar-refractivity contribution in [2.75, 3.05) is 57.5 Å². The fourth-order valence-electron chi connectivity index (χ4n) is 3.06. The van der Waals surface area contributed by atoms with E-state index in [2.05, 4.69) is 27.5 Å². The molecule has 0 unspecified atom stereocenters. The van der Waals surface area contributed by atoms with Gasteiger partial charge in [0.25, 0.3) is 5.91 Å². The summed E-state index contributed by atoms with van der Waals surface area (Å²) in [5.41, 5.74) is 1.59. The molecule has 2 N–H and O–H groups in total. The van der Waals surface area contributed by atoms with Crippen LogP contribution >= 0.6 is 0 Å². The molecule has 0 bridgehead atoms. The van der Waals surface area contributed by atoms with Gasteiger partial charge in [-0.05, 0) is 43.4 Å². The molecule has 0 spiro atoms. The summed E-state index contributed by atoms with van der Waals surface area (Å²) in [5, 5.41) is 5.73. The van der Waals surface area contributed by atoms with Crippen molar-refractivity contribution in [2.24, 2.45) is 0 Å². The number of carbonyl (C=O) groups is 2. The number of piperazine rings is 1. The molecule has 1 aliphatic heterocycles. The van der Waals surface area contributed by atoms with Crippen LogP contribution in [0.25, 0.3) is 0 Å². The second-order valence-corrected chi connectivity index (χ2v) is 6.86. The molecular weight excluding hydrogens is 356 g/mol. The Balaban J connectivity index is 1.63. The highest BCUT2D eigenvalue weighted by Gasteiger charge is 2.18. The number of nitrogens with zero attached hydrogens (tertiary/aromatic N) is 2. The molecule has 1 saturated heterocycles. The lowest BCUT2D eigenvalue weighted by Crippen LogP contribution is -2.47. The summed E-state index contributed by atoms with van der Waals surface area (Å²) >= 11 is 0. The van der Waals surface area contributed by atoms with Crippen molar-refractivity contribution >= 4 is 23.2 Å². The van der Waals surface area contributed by atoms with Gasteiger partial charge >= 0.3 is 0 Å². The third-order valence-corrected chi connectivity index (χ3v) is 4.76. The lowest BCUT2D eigenvalue weighted by atomic mass is 10.1. The minimum Gasteiger partial charge on any atom is -0.497 e. The van der Waals surface area contributed by atoms with E-state index in [1.807, 2.05) is 0 Å². The molecule has 0 radical (unpaired) electrons. The van der Waals surface area contributed by atoms with Crippen molar-refractivity contribution in [1.82, 2.24) is 9.80 Å². The highest BCUT2D eigenvalue weighted by molar-refractivity contribution is 6.10. The van der Waals surface area contributed by atoms with Crippen LogP contribution < -0.4 is 15.4 Å². The number of para-hydroxylation sites is 1. The van der Waals surface area contributed by atoms with Crippen molar-refractivity contribution < 1.29 is 14.3 Å². The summed E-state index contributed by atoms with van der Waals surface area (Å²) in [6.45, 7) is 3.96. The molecule has 0 aliphatic carbocycles. The molecule has 1 fully saturated rings. The third-order valence-electron chi connectivity index (χ3n) is 4.76. The quantitative estimate of drug-likeness (QED) is 0.801. The predicted octanol–water partition coefficient (Wildman–Crippen LogP) is 2.13. The van der Waals surface area contributed by atoms with E-state index in [-0.39, 0.29) is 11.8 Å². The molecule has 2 aromatic carbocycles. The first kappa shape index (κ1) is 19.9. The lowest BCUT2D eigenvalue weighted by Gasteiger charge is -2.31. The normalized spacial score (nSPS) is 15.1. The molecule has 2 aromatic rings. The van der Waals surface area contributed by atoms with E-state index in [9.17, 15) is 9.59 Å². The zero-order valence-electron chi connectivity index (χ0n) is 16.3. The zero-order chi connectivity index (χ0) is 19.9. The van der Waals surface area contributed by atoms with Crippen molar-refractivity contribution in [1.29, 1.82) is 0 Å². The van der Waals surface area contributed by atoms with Gasteiger partial charge < -0.3 is 20.3 Å². The molecule has 2 amide bonds. The summed E-state index contributed by atoms with van der Waals surface area (Å²) < 4.78 is 5.12. The summed E-state index contributed by atoms with van der Waals surface area (Å²) in [7, 11) is 3.67. The number of amides is 2. The molecule has 1 heterocycles. The largest absolute Gasteiger partial charge is 0.497 e. The molecule has 1 aliphatic rings. The molecular formula is C21H26N4O3. The number of hydrogen-bond donors (Lipinski definition) is 2. The van der Waals surface area contributed by atoms with Gasteiger partial charge in [0.1, 0.15) is 5.75 Å². The number of nitrogens with one attached hydrogen (secondary N) is 2. The molecule has 7 nitrogen and oxygen atoms in total. The molecule has 3 rings (SSSR count). The maximum atomic E-state index is 12.7. The van der Waals surface area contributed by atoms with E-state index in [1.54, 1.807) is 55.6 Å². The second kappa shape index (κ2) is 9.34. The summed E-state index contributed by atoms with van der Waals surface area (Å²) in [5.74, 6) is 0.324. The fourth-order valence-corrected chi connectivity index (χ4v) is 3.06. The molecule has 0 saturated carbocycles. The van der Waals surface area contributed by atoms with Crippen molar-refractivity contribution in [3.63, 3.8) is 0 Å². The smallest absolute Gasteiger partial charge is 0.257 e. The number of hydrogen-bond acceptors (Lipinski definition) is 5. The molecule has 0 aromatic heterocycles. The topological polar surface area (TPSA) is 73.9 Å². The van der Waals surface area contributed by atoms with E-state index in [4.69, 9.17) is 4.74 Å². The van der Waals surface area contributed by atoms with E-state index in [0.717, 1.165) is 31.9 Å². The van der Waals surface area contributed by atoms with Crippen molar-refractivity contribution in [3.8, 4) is 5.75 Å². The van der Waals surface area contributed by atoms with Gasteiger partial charge in [-0.1, -0.05) is 12.1 Å². The summed E-state index contributed by atoms with van der Waals surface area (Å²) in [4.78, 5) is 29.5. The van der Waals surface area contributed by atoms with Crippen LogP contribution in [0.1, 0.15) is 10.4 Å². The summed E-state index contributed by atoms with van der Waals surface area (Å²) in [6.07, 6.45) is 0. The lowest BCUT2D eigenvalue weighted by molar-refractivity contribution is -0.117. The van der Waals surface area contributed by atoms with Gasteiger partial charge in [0.15, 0.2) is 0 Å². The van der Waals surface area contributed by atoms with Gasteiger partial charge in [0, 0.05) is 31.9 Å². The average molecular weight is 382 g/mol. The molecule has 28 heavy (non-hydrogen) atoms. The Morgan fingerprint density at radius 2 is 1.64 bits per heavy atom. The Morgan fingerprint density at radius 3 is 2.32 bits per heavy atom. The number of rotatable bonds is 6. The Morgan fingerprint density at radius 1 is 0.964 bits per heavy atom. The number of methoxy groups -OCH3 is 1. The van der Waals surface area contributed by atoms with E-state index < -0.39 is 0 Å². The van der Waals surface area contributed by atoms with Crippen LogP contribution in [0.3, 0.4) is 0 Å². The van der Waals surface area contributed by atoms with Crippen molar-refractivity contribution in [2.45, 2.75) is 0 Å². The van der Waals surface area contributed by atoms with Crippen LogP contribution in [0.4, 0.5) is 11.4 Å². The van der Waals surface area contributed by atoms with Gasteiger partial charge in [-0.15, -0.1) is 0 Å². The Labute approximate surface area is 165 Å². The van der Waals surface area contributed by atoms with Gasteiger partial charge in [0.2, 0.25) is 5.91 Å². The minimum atomic E-state index is -0.277. The number of carbonyl (C=O) groups excluding carboxylic acids is 2. The van der Waals surface area contributed by atoms with Crippen molar-refractivity contribution in [3.05, 3.63) is 54.1 Å². The Kier molecular flexibility index (Phi) is 6.62. The first-order valence-corrected chi connectivity index (χ1v) is 9.30. The Bertz CT molecular complexity index is 815. The van der Waals surface area contributed by atoms with E-state index >= 15 is 0 Å². The van der Waals surface area contributed by atoms with E-state index in [0.29, 0.717) is 23.5 Å². The number of likely N-dealkylation sites (N-methyl/N-ethyl adjacent to an activating group) is 1. The van der Waals surface area contributed by atoms with Gasteiger partial charge in [0.05, 0.1) is 24.9 Å². The van der Waals surface area contributed by atoms with Crippen LogP contribution in [0.15, 0.2) is 48.5 Å². The second-order valence-electron chi connectivity index (χ2n) is 6.86. The highest BCUT2D eigenvalue weighted by atomic mass is 16.5. The first-order valence-electron chi connectivity index (χ1n) is 9.30. The predicted molar refractivity (Wildman–Crippen MR) is 110 cm³/mol. The maximum absolute atomic E-state index is 12.7. The molecule has 148 valence electrons. The summed E-state index contributed by atoms with van der Waals surface area (Å²) in [6, 6.07) is 14.1. The maximum Gasteiger partial charge on any atom is 0.257 e. The number of ether oxygens (including phenoxy) is 1. The SMILES string of the molecule is COc1ccc(NC(=O)c2ccccc2NC(=O)CN2CCN(C)CC2)cc1. The van der Waals surface area contributed by atoms with Crippen LogP contribution in [0.2, 0.25) is 0 Å². The zero-order valence-corrected chi connectivity index (χ0v) is 16.3. The van der Waals surface area contributed by atoms with Gasteiger partial charge in [-0.2, -0.15) is 0 Å². The molecule has 7 heteroatoms. The standard InChI is InChI=1S/C21H26N4O3/c1-24-11-13-25(14-12-24)15-20(26)23-19-6-4-3-5-18(19)21(27)22-16-7-9-17(28-2)10-8-16/h3-10H,11-15H2,1-2H3,(H,22,27)(H,23,26).